The molecule has 0 heterocycles. The third-order valence-corrected chi connectivity index (χ3v) is 2.94. The van der Waals surface area contributed by atoms with Crippen molar-refractivity contribution in [3.8, 4) is 5.75 Å². The number of aryl methyl sites for hydroxylation is 1. The second-order valence-electron chi connectivity index (χ2n) is 4.39. The van der Waals surface area contributed by atoms with Crippen molar-refractivity contribution in [1.29, 1.82) is 5.41 Å². The van der Waals surface area contributed by atoms with Crippen molar-refractivity contribution in [2.24, 2.45) is 5.73 Å². The van der Waals surface area contributed by atoms with Crippen molar-refractivity contribution in [1.82, 2.24) is 0 Å². The molecular formula is C15H14F2N2O. The predicted octanol–water partition coefficient (Wildman–Crippen LogP) is 3.14. The molecule has 0 saturated carbocycles. The number of ether oxygens (including phenoxy) is 1. The minimum Gasteiger partial charge on any atom is -0.483 e. The summed E-state index contributed by atoms with van der Waals surface area (Å²) < 4.78 is 32.0. The molecular weight excluding hydrogens is 262 g/mol. The van der Waals surface area contributed by atoms with Crippen LogP contribution in [0.3, 0.4) is 0 Å². The summed E-state index contributed by atoms with van der Waals surface area (Å²) in [4.78, 5) is 0. The van der Waals surface area contributed by atoms with Gasteiger partial charge < -0.3 is 10.5 Å². The van der Waals surface area contributed by atoms with Crippen LogP contribution in [-0.2, 0) is 6.61 Å². The minimum atomic E-state index is -0.733. The van der Waals surface area contributed by atoms with Crippen molar-refractivity contribution in [3.05, 3.63) is 64.7 Å². The van der Waals surface area contributed by atoms with Crippen LogP contribution < -0.4 is 10.5 Å². The van der Waals surface area contributed by atoms with Crippen LogP contribution in [0.2, 0.25) is 0 Å². The summed E-state index contributed by atoms with van der Waals surface area (Å²) in [6.45, 7) is 1.87. The van der Waals surface area contributed by atoms with Gasteiger partial charge in [-0.2, -0.15) is 0 Å². The Morgan fingerprint density at radius 2 is 1.85 bits per heavy atom. The zero-order valence-electron chi connectivity index (χ0n) is 10.9. The predicted molar refractivity (Wildman–Crippen MR) is 72.9 cm³/mol. The van der Waals surface area contributed by atoms with Crippen molar-refractivity contribution in [3.63, 3.8) is 0 Å². The maximum atomic E-state index is 13.4. The van der Waals surface area contributed by atoms with Gasteiger partial charge in [-0.25, -0.2) is 8.78 Å². The third-order valence-electron chi connectivity index (χ3n) is 2.94. The van der Waals surface area contributed by atoms with Crippen molar-refractivity contribution in [2.75, 3.05) is 0 Å². The number of hydrogen-bond donors (Lipinski definition) is 2. The highest BCUT2D eigenvalue weighted by atomic mass is 19.1. The number of nitrogens with one attached hydrogen (secondary N) is 1. The van der Waals surface area contributed by atoms with Gasteiger partial charge in [-0.05, 0) is 36.2 Å². The van der Waals surface area contributed by atoms with E-state index < -0.39 is 11.6 Å². The smallest absolute Gasteiger partial charge is 0.191 e. The van der Waals surface area contributed by atoms with Crippen LogP contribution >= 0.6 is 0 Å². The monoisotopic (exact) mass is 276 g/mol. The van der Waals surface area contributed by atoms with Gasteiger partial charge in [0.15, 0.2) is 17.4 Å². The summed E-state index contributed by atoms with van der Waals surface area (Å²) in [5.41, 5.74) is 7.61. The van der Waals surface area contributed by atoms with E-state index in [1.165, 1.54) is 6.07 Å². The fraction of sp³-hybridized carbons (Fsp3) is 0.133. The molecule has 2 aromatic carbocycles. The Kier molecular flexibility index (Phi) is 3.98. The molecule has 0 aliphatic carbocycles. The molecule has 0 atom stereocenters. The van der Waals surface area contributed by atoms with Gasteiger partial charge in [-0.3, -0.25) is 5.41 Å². The second kappa shape index (κ2) is 5.69. The Morgan fingerprint density at radius 3 is 2.40 bits per heavy atom. The summed E-state index contributed by atoms with van der Waals surface area (Å²) >= 11 is 0. The molecule has 0 spiro atoms. The lowest BCUT2D eigenvalue weighted by Crippen LogP contribution is -2.11. The van der Waals surface area contributed by atoms with Crippen LogP contribution in [-0.4, -0.2) is 5.84 Å². The average molecular weight is 276 g/mol. The van der Waals surface area contributed by atoms with E-state index in [2.05, 4.69) is 0 Å². The van der Waals surface area contributed by atoms with Crippen molar-refractivity contribution in [2.45, 2.75) is 13.5 Å². The summed E-state index contributed by atoms with van der Waals surface area (Å²) in [6.07, 6.45) is 0. The second-order valence-corrected chi connectivity index (χ2v) is 4.39. The molecule has 0 aliphatic rings. The van der Waals surface area contributed by atoms with E-state index in [1.807, 2.05) is 6.92 Å². The first-order valence-corrected chi connectivity index (χ1v) is 6.00. The maximum absolute atomic E-state index is 13.4. The van der Waals surface area contributed by atoms with Crippen molar-refractivity contribution >= 4 is 5.84 Å². The minimum absolute atomic E-state index is 0.0271. The molecule has 2 aromatic rings. The molecule has 0 saturated heterocycles. The number of nitrogens with two attached hydrogens (primary N) is 1. The number of benzene rings is 2. The lowest BCUT2D eigenvalue weighted by Gasteiger charge is -2.11. The molecule has 0 aromatic heterocycles. The highest BCUT2D eigenvalue weighted by Gasteiger charge is 2.10. The quantitative estimate of drug-likeness (QED) is 0.665. The van der Waals surface area contributed by atoms with E-state index in [4.69, 9.17) is 15.9 Å². The van der Waals surface area contributed by atoms with Gasteiger partial charge in [0.05, 0.1) is 0 Å². The number of nitrogen functional groups attached to an aromatic ring is 1. The van der Waals surface area contributed by atoms with E-state index in [1.54, 1.807) is 18.2 Å². The normalized spacial score (nSPS) is 10.3. The van der Waals surface area contributed by atoms with E-state index in [-0.39, 0.29) is 18.2 Å². The SMILES string of the molecule is Cc1cc(C(=N)N)ccc1COc1c(F)cccc1F. The number of hydrogen-bond acceptors (Lipinski definition) is 2. The topological polar surface area (TPSA) is 59.1 Å². The van der Waals surface area contributed by atoms with Crippen LogP contribution in [0.4, 0.5) is 8.78 Å². The maximum Gasteiger partial charge on any atom is 0.191 e. The lowest BCUT2D eigenvalue weighted by molar-refractivity contribution is 0.273. The Hall–Kier alpha value is -2.43. The molecule has 3 N–H and O–H groups in total. The van der Waals surface area contributed by atoms with Gasteiger partial charge in [0, 0.05) is 5.56 Å². The summed E-state index contributed by atoms with van der Waals surface area (Å²) in [7, 11) is 0. The van der Waals surface area contributed by atoms with E-state index in [9.17, 15) is 8.78 Å². The van der Waals surface area contributed by atoms with E-state index in [0.717, 1.165) is 23.3 Å². The Balaban J connectivity index is 2.17. The summed E-state index contributed by atoms with van der Waals surface area (Å²) in [5, 5.41) is 7.34. The van der Waals surface area contributed by atoms with Gasteiger partial charge >= 0.3 is 0 Å². The molecule has 5 heteroatoms. The molecule has 2 rings (SSSR count). The number of rotatable bonds is 4. The fourth-order valence-electron chi connectivity index (χ4n) is 1.80. The molecule has 0 fully saturated rings. The first-order chi connectivity index (χ1) is 9.49. The van der Waals surface area contributed by atoms with Gasteiger partial charge in [0.25, 0.3) is 0 Å². The van der Waals surface area contributed by atoms with E-state index >= 15 is 0 Å². The number of amidine groups is 1. The number of halogens is 2. The van der Waals surface area contributed by atoms with Gasteiger partial charge in [-0.15, -0.1) is 0 Å². The molecule has 3 nitrogen and oxygen atoms in total. The molecule has 0 radical (unpaired) electrons. The summed E-state index contributed by atoms with van der Waals surface area (Å²) in [6, 6.07) is 8.70. The molecule has 0 aliphatic heterocycles. The highest BCUT2D eigenvalue weighted by molar-refractivity contribution is 5.95. The Morgan fingerprint density at radius 1 is 1.20 bits per heavy atom. The van der Waals surface area contributed by atoms with Crippen LogP contribution in [0, 0.1) is 24.0 Å². The van der Waals surface area contributed by atoms with Crippen molar-refractivity contribution < 1.29 is 13.5 Å². The van der Waals surface area contributed by atoms with Crippen LogP contribution in [0.5, 0.6) is 5.75 Å². The highest BCUT2D eigenvalue weighted by Crippen LogP contribution is 2.22. The fourth-order valence-corrected chi connectivity index (χ4v) is 1.80. The summed E-state index contributed by atoms with van der Waals surface area (Å²) in [5.74, 6) is -1.88. The molecule has 0 bridgehead atoms. The molecule has 0 unspecified atom stereocenters. The Bertz CT molecular complexity index is 636. The zero-order chi connectivity index (χ0) is 14.7. The Labute approximate surface area is 115 Å². The largest absolute Gasteiger partial charge is 0.483 e. The molecule has 0 amide bonds. The zero-order valence-corrected chi connectivity index (χ0v) is 10.9. The van der Waals surface area contributed by atoms with Gasteiger partial charge in [0.1, 0.15) is 12.4 Å². The van der Waals surface area contributed by atoms with Crippen LogP contribution in [0.15, 0.2) is 36.4 Å². The van der Waals surface area contributed by atoms with Gasteiger partial charge in [-0.1, -0.05) is 18.2 Å². The molecule has 104 valence electrons. The first-order valence-electron chi connectivity index (χ1n) is 6.00. The first kappa shape index (κ1) is 14.0. The molecule has 20 heavy (non-hydrogen) atoms. The van der Waals surface area contributed by atoms with E-state index in [0.29, 0.717) is 5.56 Å². The average Bonchev–Trinajstić information content (AvgIpc) is 2.39. The lowest BCUT2D eigenvalue weighted by atomic mass is 10.1. The third kappa shape index (κ3) is 2.93. The van der Waals surface area contributed by atoms with Crippen LogP contribution in [0.1, 0.15) is 16.7 Å². The van der Waals surface area contributed by atoms with Crippen LogP contribution in [0.25, 0.3) is 0 Å². The van der Waals surface area contributed by atoms with Gasteiger partial charge in [0.2, 0.25) is 0 Å². The standard InChI is InChI=1S/C15H14F2N2O/c1-9-7-10(15(18)19)5-6-11(9)8-20-14-12(16)3-2-4-13(14)17/h2-7H,8H2,1H3,(H3,18,19). The number of para-hydroxylation sites is 1.